The minimum atomic E-state index is -1.03. The molecule has 1 heterocycles. The van der Waals surface area contributed by atoms with Gasteiger partial charge in [0, 0.05) is 0 Å². The lowest BCUT2D eigenvalue weighted by atomic mass is 9.99. The highest BCUT2D eigenvalue weighted by molar-refractivity contribution is 5.82. The van der Waals surface area contributed by atoms with Crippen molar-refractivity contribution < 1.29 is 19.1 Å². The molecule has 1 aromatic heterocycles. The zero-order chi connectivity index (χ0) is 15.3. The van der Waals surface area contributed by atoms with Crippen LogP contribution in [0.5, 0.6) is 0 Å². The molecule has 1 aromatic rings. The van der Waals surface area contributed by atoms with Gasteiger partial charge in [0.05, 0.1) is 6.04 Å². The number of carboxylic acid groups (broad SMARTS) is 1. The molecule has 0 spiro atoms. The molecule has 0 saturated carbocycles. The molecule has 0 fully saturated rings. The van der Waals surface area contributed by atoms with Crippen LogP contribution in [-0.4, -0.2) is 23.1 Å². The highest BCUT2D eigenvalue weighted by Gasteiger charge is 2.26. The fraction of sp³-hybridized carbons (Fsp3) is 0.571. The zero-order valence-electron chi connectivity index (χ0n) is 12.3. The summed E-state index contributed by atoms with van der Waals surface area (Å²) in [5.74, 6) is 0.223. The molecule has 6 heteroatoms. The van der Waals surface area contributed by atoms with Gasteiger partial charge in [-0.2, -0.15) is 0 Å². The van der Waals surface area contributed by atoms with Gasteiger partial charge in [0.15, 0.2) is 0 Å². The molecule has 0 radical (unpaired) electrons. The second-order valence-corrected chi connectivity index (χ2v) is 4.99. The van der Waals surface area contributed by atoms with E-state index in [0.717, 1.165) is 5.76 Å². The maximum absolute atomic E-state index is 11.8. The number of furan rings is 1. The normalized spacial score (nSPS) is 15.2. The Labute approximate surface area is 118 Å². The van der Waals surface area contributed by atoms with E-state index in [1.165, 1.54) is 0 Å². The minimum Gasteiger partial charge on any atom is -0.480 e. The summed E-state index contributed by atoms with van der Waals surface area (Å²) in [5.41, 5.74) is 0. The van der Waals surface area contributed by atoms with E-state index in [9.17, 15) is 9.59 Å². The number of urea groups is 1. The topological polar surface area (TPSA) is 91.6 Å². The van der Waals surface area contributed by atoms with Crippen molar-refractivity contribution in [3.8, 4) is 0 Å². The van der Waals surface area contributed by atoms with Crippen molar-refractivity contribution in [2.45, 2.75) is 46.2 Å². The van der Waals surface area contributed by atoms with Gasteiger partial charge < -0.3 is 20.2 Å². The third-order valence-electron chi connectivity index (χ3n) is 3.30. The smallest absolute Gasteiger partial charge is 0.326 e. The van der Waals surface area contributed by atoms with Crippen molar-refractivity contribution in [1.82, 2.24) is 10.6 Å². The predicted octanol–water partition coefficient (Wildman–Crippen LogP) is 2.45. The lowest BCUT2D eigenvalue weighted by molar-refractivity contribution is -0.140. The van der Waals surface area contributed by atoms with Crippen LogP contribution in [-0.2, 0) is 4.79 Å². The number of hydrogen-bond donors (Lipinski definition) is 3. The fourth-order valence-corrected chi connectivity index (χ4v) is 1.82. The highest BCUT2D eigenvalue weighted by Crippen LogP contribution is 2.15. The Morgan fingerprint density at radius 1 is 1.30 bits per heavy atom. The number of carboxylic acids is 1. The summed E-state index contributed by atoms with van der Waals surface area (Å²) in [5, 5.41) is 14.3. The van der Waals surface area contributed by atoms with Gasteiger partial charge in [-0.3, -0.25) is 0 Å². The molecular formula is C14H22N2O4. The first kappa shape index (κ1) is 16.1. The van der Waals surface area contributed by atoms with Gasteiger partial charge in [-0.25, -0.2) is 9.59 Å². The Morgan fingerprint density at radius 3 is 2.40 bits per heavy atom. The quantitative estimate of drug-likeness (QED) is 0.747. The van der Waals surface area contributed by atoms with Crippen molar-refractivity contribution in [3.05, 3.63) is 23.7 Å². The lowest BCUT2D eigenvalue weighted by Crippen LogP contribution is -2.49. The molecular weight excluding hydrogens is 260 g/mol. The summed E-state index contributed by atoms with van der Waals surface area (Å²) >= 11 is 0. The van der Waals surface area contributed by atoms with Crippen LogP contribution in [0.4, 0.5) is 4.79 Å². The first-order valence-electron chi connectivity index (χ1n) is 6.71. The van der Waals surface area contributed by atoms with Crippen LogP contribution in [0, 0.1) is 12.8 Å². The van der Waals surface area contributed by atoms with E-state index in [-0.39, 0.29) is 12.0 Å². The van der Waals surface area contributed by atoms with E-state index in [0.29, 0.717) is 12.2 Å². The third kappa shape index (κ3) is 4.29. The molecule has 0 aliphatic heterocycles. The summed E-state index contributed by atoms with van der Waals surface area (Å²) in [7, 11) is 0. The van der Waals surface area contributed by atoms with Gasteiger partial charge in [-0.15, -0.1) is 0 Å². The Bertz CT molecular complexity index is 469. The molecule has 3 atom stereocenters. The van der Waals surface area contributed by atoms with E-state index in [1.54, 1.807) is 19.9 Å². The zero-order valence-corrected chi connectivity index (χ0v) is 12.3. The van der Waals surface area contributed by atoms with E-state index in [1.807, 2.05) is 19.9 Å². The van der Waals surface area contributed by atoms with Crippen molar-refractivity contribution in [3.63, 3.8) is 0 Å². The van der Waals surface area contributed by atoms with E-state index in [2.05, 4.69) is 10.6 Å². The number of aliphatic carboxylic acids is 1. The first-order chi connectivity index (χ1) is 9.35. The maximum atomic E-state index is 11.8. The first-order valence-corrected chi connectivity index (χ1v) is 6.71. The molecule has 0 aliphatic rings. The van der Waals surface area contributed by atoms with Crippen LogP contribution < -0.4 is 10.6 Å². The largest absolute Gasteiger partial charge is 0.480 e. The number of carbonyl (C=O) groups excluding carboxylic acids is 1. The predicted molar refractivity (Wildman–Crippen MR) is 74.4 cm³/mol. The SMILES string of the molecule is CCC(C)[C@H](NC(=O)NC(C)c1ccc(C)o1)C(=O)O. The molecule has 2 amide bonds. The molecule has 0 aromatic carbocycles. The van der Waals surface area contributed by atoms with Gasteiger partial charge in [-0.05, 0) is 31.9 Å². The van der Waals surface area contributed by atoms with Gasteiger partial charge in [-0.1, -0.05) is 20.3 Å². The minimum absolute atomic E-state index is 0.139. The van der Waals surface area contributed by atoms with Crippen molar-refractivity contribution in [2.75, 3.05) is 0 Å². The Hall–Kier alpha value is -1.98. The number of amides is 2. The standard InChI is InChI=1S/C14H22N2O4/c1-5-8(2)12(13(17)18)16-14(19)15-10(4)11-7-6-9(3)20-11/h6-8,10,12H,5H2,1-4H3,(H,17,18)(H2,15,16,19)/t8?,10?,12-/m0/s1. The third-order valence-corrected chi connectivity index (χ3v) is 3.30. The van der Waals surface area contributed by atoms with Crippen molar-refractivity contribution in [2.24, 2.45) is 5.92 Å². The highest BCUT2D eigenvalue weighted by atomic mass is 16.4. The van der Waals surface area contributed by atoms with Crippen LogP contribution in [0.1, 0.15) is 44.8 Å². The summed E-state index contributed by atoms with van der Waals surface area (Å²) in [6, 6.07) is 1.86. The molecule has 3 N–H and O–H groups in total. The Kier molecular flexibility index (Phi) is 5.61. The molecule has 0 bridgehead atoms. The lowest BCUT2D eigenvalue weighted by Gasteiger charge is -2.21. The van der Waals surface area contributed by atoms with Crippen LogP contribution in [0.25, 0.3) is 0 Å². The van der Waals surface area contributed by atoms with Gasteiger partial charge in [0.2, 0.25) is 0 Å². The van der Waals surface area contributed by atoms with Crippen molar-refractivity contribution >= 4 is 12.0 Å². The Balaban J connectivity index is 2.59. The summed E-state index contributed by atoms with van der Waals surface area (Å²) < 4.78 is 5.41. The van der Waals surface area contributed by atoms with E-state index >= 15 is 0 Å². The summed E-state index contributed by atoms with van der Waals surface area (Å²) in [6.45, 7) is 7.27. The number of carbonyl (C=O) groups is 2. The van der Waals surface area contributed by atoms with Crippen LogP contribution >= 0.6 is 0 Å². The van der Waals surface area contributed by atoms with E-state index < -0.39 is 18.0 Å². The summed E-state index contributed by atoms with van der Waals surface area (Å²) in [6.07, 6.45) is 0.671. The molecule has 0 saturated heterocycles. The molecule has 2 unspecified atom stereocenters. The second kappa shape index (κ2) is 6.98. The monoisotopic (exact) mass is 282 g/mol. The van der Waals surface area contributed by atoms with Crippen molar-refractivity contribution in [1.29, 1.82) is 0 Å². The molecule has 20 heavy (non-hydrogen) atoms. The number of rotatable bonds is 6. The average molecular weight is 282 g/mol. The van der Waals surface area contributed by atoms with Crippen LogP contribution in [0.3, 0.4) is 0 Å². The molecule has 0 aliphatic carbocycles. The molecule has 1 rings (SSSR count). The van der Waals surface area contributed by atoms with E-state index in [4.69, 9.17) is 9.52 Å². The molecule has 112 valence electrons. The second-order valence-electron chi connectivity index (χ2n) is 4.99. The number of aryl methyl sites for hydroxylation is 1. The van der Waals surface area contributed by atoms with Gasteiger partial charge >= 0.3 is 12.0 Å². The molecule has 6 nitrogen and oxygen atoms in total. The maximum Gasteiger partial charge on any atom is 0.326 e. The van der Waals surface area contributed by atoms with Crippen LogP contribution in [0.15, 0.2) is 16.5 Å². The average Bonchev–Trinajstić information content (AvgIpc) is 2.81. The number of hydrogen-bond acceptors (Lipinski definition) is 3. The van der Waals surface area contributed by atoms with Crippen LogP contribution in [0.2, 0.25) is 0 Å². The van der Waals surface area contributed by atoms with Gasteiger partial charge in [0.25, 0.3) is 0 Å². The number of nitrogens with one attached hydrogen (secondary N) is 2. The summed E-state index contributed by atoms with van der Waals surface area (Å²) in [4.78, 5) is 23.0. The fourth-order valence-electron chi connectivity index (χ4n) is 1.82. The van der Waals surface area contributed by atoms with Gasteiger partial charge in [0.1, 0.15) is 17.6 Å². The Morgan fingerprint density at radius 2 is 1.95 bits per heavy atom.